The molecule has 0 saturated heterocycles. The van der Waals surface area contributed by atoms with E-state index in [0.29, 0.717) is 39.5 Å². The maximum Gasteiger partial charge on any atom is 0.267 e. The second kappa shape index (κ2) is 8.77. The van der Waals surface area contributed by atoms with E-state index in [1.54, 1.807) is 16.9 Å². The highest BCUT2D eigenvalue weighted by Gasteiger charge is 2.17. The van der Waals surface area contributed by atoms with Crippen LogP contribution in [0.5, 0.6) is 5.75 Å². The van der Waals surface area contributed by atoms with Gasteiger partial charge in [-0.3, -0.25) is 9.48 Å². The summed E-state index contributed by atoms with van der Waals surface area (Å²) in [5, 5.41) is 7.86. The maximum atomic E-state index is 12.7. The maximum absolute atomic E-state index is 12.7. The topological polar surface area (TPSA) is 69.0 Å². The molecule has 0 saturated carbocycles. The van der Waals surface area contributed by atoms with Crippen LogP contribution in [0.4, 0.5) is 5.69 Å². The Morgan fingerprint density at radius 3 is 2.90 bits per heavy atom. The number of thiophene rings is 1. The lowest BCUT2D eigenvalue weighted by Gasteiger charge is -2.09. The van der Waals surface area contributed by atoms with Gasteiger partial charge in [0.2, 0.25) is 0 Å². The number of hydrogen-bond donors (Lipinski definition) is 1. The molecule has 0 spiro atoms. The molecule has 0 unspecified atom stereocenters. The Bertz CT molecular complexity index is 1120. The van der Waals surface area contributed by atoms with Gasteiger partial charge in [0.25, 0.3) is 5.91 Å². The van der Waals surface area contributed by atoms with Crippen LogP contribution >= 0.6 is 34.3 Å². The lowest BCUT2D eigenvalue weighted by atomic mass is 10.3. The molecule has 3 aromatic heterocycles. The van der Waals surface area contributed by atoms with Crippen molar-refractivity contribution in [2.75, 3.05) is 11.9 Å². The fourth-order valence-corrected chi connectivity index (χ4v) is 4.74. The Balaban J connectivity index is 1.41. The molecular weight excluding hydrogens is 428 g/mol. The molecule has 1 amide bonds. The standard InChI is InChI=1S/C20H17ClN4O2S2/c1-13-18(29-20(23-13)16-6-7-17(21)28-16)19(26)24-14-4-2-5-15(12-14)27-11-10-25-9-3-8-22-25/h2-9,12H,10-11H2,1H3,(H,24,26). The SMILES string of the molecule is Cc1nc(-c2ccc(Cl)s2)sc1C(=O)Nc1cccc(OCCn2cccn2)c1. The summed E-state index contributed by atoms with van der Waals surface area (Å²) in [6.07, 6.45) is 3.62. The minimum atomic E-state index is -0.192. The van der Waals surface area contributed by atoms with Crippen molar-refractivity contribution in [2.45, 2.75) is 13.5 Å². The number of aromatic nitrogens is 3. The van der Waals surface area contributed by atoms with E-state index in [2.05, 4.69) is 15.4 Å². The minimum absolute atomic E-state index is 0.192. The van der Waals surface area contributed by atoms with Crippen molar-refractivity contribution in [3.63, 3.8) is 0 Å². The first-order chi connectivity index (χ1) is 14.1. The largest absolute Gasteiger partial charge is 0.492 e. The first-order valence-electron chi connectivity index (χ1n) is 8.83. The van der Waals surface area contributed by atoms with E-state index in [1.807, 2.05) is 49.5 Å². The van der Waals surface area contributed by atoms with Crippen molar-refractivity contribution >= 4 is 45.9 Å². The molecule has 29 heavy (non-hydrogen) atoms. The quantitative estimate of drug-likeness (QED) is 0.416. The summed E-state index contributed by atoms with van der Waals surface area (Å²) in [4.78, 5) is 18.8. The average Bonchev–Trinajstić information content (AvgIpc) is 3.43. The molecule has 0 bridgehead atoms. The van der Waals surface area contributed by atoms with Crippen molar-refractivity contribution in [1.29, 1.82) is 0 Å². The zero-order valence-corrected chi connectivity index (χ0v) is 17.9. The van der Waals surface area contributed by atoms with Gasteiger partial charge in [0.15, 0.2) is 0 Å². The first-order valence-corrected chi connectivity index (χ1v) is 10.8. The van der Waals surface area contributed by atoms with Crippen molar-refractivity contribution in [3.8, 4) is 15.6 Å². The molecule has 0 fully saturated rings. The Morgan fingerprint density at radius 2 is 2.14 bits per heavy atom. The number of amides is 1. The number of carbonyl (C=O) groups is 1. The summed E-state index contributed by atoms with van der Waals surface area (Å²) < 4.78 is 8.26. The van der Waals surface area contributed by atoms with Gasteiger partial charge in [-0.2, -0.15) is 5.10 Å². The van der Waals surface area contributed by atoms with Crippen LogP contribution in [-0.4, -0.2) is 27.3 Å². The van der Waals surface area contributed by atoms with Crippen LogP contribution in [0.3, 0.4) is 0 Å². The van der Waals surface area contributed by atoms with Gasteiger partial charge in [0, 0.05) is 24.1 Å². The van der Waals surface area contributed by atoms with Gasteiger partial charge < -0.3 is 10.1 Å². The summed E-state index contributed by atoms with van der Waals surface area (Å²) in [6.45, 7) is 2.97. The number of halogens is 1. The molecule has 0 atom stereocenters. The molecule has 9 heteroatoms. The van der Waals surface area contributed by atoms with Gasteiger partial charge in [-0.1, -0.05) is 17.7 Å². The Hall–Kier alpha value is -2.68. The minimum Gasteiger partial charge on any atom is -0.492 e. The van der Waals surface area contributed by atoms with Crippen molar-refractivity contribution in [2.24, 2.45) is 0 Å². The summed E-state index contributed by atoms with van der Waals surface area (Å²) in [6, 6.07) is 12.9. The van der Waals surface area contributed by atoms with Gasteiger partial charge in [0.1, 0.15) is 22.2 Å². The van der Waals surface area contributed by atoms with E-state index in [0.717, 1.165) is 9.88 Å². The molecule has 6 nitrogen and oxygen atoms in total. The first kappa shape index (κ1) is 19.6. The van der Waals surface area contributed by atoms with Gasteiger partial charge in [-0.15, -0.1) is 22.7 Å². The Kier molecular flexibility index (Phi) is 5.94. The molecular formula is C20H17ClN4O2S2. The van der Waals surface area contributed by atoms with E-state index in [-0.39, 0.29) is 5.91 Å². The van der Waals surface area contributed by atoms with E-state index in [4.69, 9.17) is 16.3 Å². The van der Waals surface area contributed by atoms with Crippen molar-refractivity contribution in [3.05, 3.63) is 69.8 Å². The number of nitrogens with zero attached hydrogens (tertiary/aromatic N) is 3. The second-order valence-corrected chi connectivity index (χ2v) is 8.85. The van der Waals surface area contributed by atoms with Crippen molar-refractivity contribution < 1.29 is 9.53 Å². The zero-order chi connectivity index (χ0) is 20.2. The van der Waals surface area contributed by atoms with E-state index in [9.17, 15) is 4.79 Å². The molecule has 0 aliphatic heterocycles. The van der Waals surface area contributed by atoms with Gasteiger partial charge in [0.05, 0.1) is 21.5 Å². The predicted molar refractivity (Wildman–Crippen MR) is 117 cm³/mol. The van der Waals surface area contributed by atoms with Crippen LogP contribution in [0.15, 0.2) is 54.9 Å². The van der Waals surface area contributed by atoms with E-state index in [1.165, 1.54) is 22.7 Å². The number of nitrogens with one attached hydrogen (secondary N) is 1. The van der Waals surface area contributed by atoms with Gasteiger partial charge in [-0.25, -0.2) is 4.98 Å². The monoisotopic (exact) mass is 444 g/mol. The molecule has 0 aliphatic rings. The smallest absolute Gasteiger partial charge is 0.267 e. The third-order valence-corrected chi connectivity index (χ3v) is 6.58. The molecule has 0 aliphatic carbocycles. The van der Waals surface area contributed by atoms with Crippen LogP contribution in [-0.2, 0) is 6.54 Å². The van der Waals surface area contributed by atoms with Crippen LogP contribution in [0, 0.1) is 6.92 Å². The third kappa shape index (κ3) is 4.84. The lowest BCUT2D eigenvalue weighted by Crippen LogP contribution is -2.12. The number of hydrogen-bond acceptors (Lipinski definition) is 6. The molecule has 3 heterocycles. The van der Waals surface area contributed by atoms with Gasteiger partial charge >= 0.3 is 0 Å². The van der Waals surface area contributed by atoms with E-state index >= 15 is 0 Å². The van der Waals surface area contributed by atoms with Crippen LogP contribution < -0.4 is 10.1 Å². The molecule has 4 aromatic rings. The average molecular weight is 445 g/mol. The summed E-state index contributed by atoms with van der Waals surface area (Å²) in [7, 11) is 0. The van der Waals surface area contributed by atoms with Crippen LogP contribution in [0.2, 0.25) is 4.34 Å². The Labute approximate surface area is 180 Å². The molecule has 0 radical (unpaired) electrons. The number of rotatable bonds is 7. The highest BCUT2D eigenvalue weighted by Crippen LogP contribution is 2.35. The van der Waals surface area contributed by atoms with Crippen LogP contribution in [0.25, 0.3) is 9.88 Å². The fraction of sp³-hybridized carbons (Fsp3) is 0.150. The molecule has 1 N–H and O–H groups in total. The van der Waals surface area contributed by atoms with Crippen molar-refractivity contribution in [1.82, 2.24) is 14.8 Å². The number of benzene rings is 1. The third-order valence-electron chi connectivity index (χ3n) is 4.03. The highest BCUT2D eigenvalue weighted by atomic mass is 35.5. The molecule has 148 valence electrons. The molecule has 1 aromatic carbocycles. The number of aryl methyl sites for hydroxylation is 1. The number of anilines is 1. The number of carbonyl (C=O) groups excluding carboxylic acids is 1. The zero-order valence-electron chi connectivity index (χ0n) is 15.5. The summed E-state index contributed by atoms with van der Waals surface area (Å²) >= 11 is 8.81. The molecule has 4 rings (SSSR count). The predicted octanol–water partition coefficient (Wildman–Crippen LogP) is 5.36. The summed E-state index contributed by atoms with van der Waals surface area (Å²) in [5.41, 5.74) is 1.36. The normalized spacial score (nSPS) is 10.8. The lowest BCUT2D eigenvalue weighted by molar-refractivity contribution is 0.103. The highest BCUT2D eigenvalue weighted by molar-refractivity contribution is 7.24. The fourth-order valence-electron chi connectivity index (χ4n) is 2.68. The number of ether oxygens (including phenoxy) is 1. The Morgan fingerprint density at radius 1 is 1.24 bits per heavy atom. The van der Waals surface area contributed by atoms with Crippen LogP contribution in [0.1, 0.15) is 15.4 Å². The number of thiazole rings is 1. The van der Waals surface area contributed by atoms with Gasteiger partial charge in [-0.05, 0) is 37.3 Å². The summed E-state index contributed by atoms with van der Waals surface area (Å²) in [5.74, 6) is 0.493. The second-order valence-electron chi connectivity index (χ2n) is 6.14. The van der Waals surface area contributed by atoms with E-state index < -0.39 is 0 Å².